The predicted molar refractivity (Wildman–Crippen MR) is 92.3 cm³/mol. The maximum absolute atomic E-state index is 10.6. The zero-order chi connectivity index (χ0) is 16.6. The molecule has 1 N–H and O–H groups in total. The van der Waals surface area contributed by atoms with Gasteiger partial charge in [-0.3, -0.25) is 0 Å². The molecule has 1 radical (unpaired) electrons. The van der Waals surface area contributed by atoms with E-state index in [0.717, 1.165) is 50.2 Å². The van der Waals surface area contributed by atoms with E-state index in [1.165, 1.54) is 32.1 Å². The van der Waals surface area contributed by atoms with Crippen molar-refractivity contribution in [1.82, 2.24) is 0 Å². The fraction of sp³-hybridized carbons (Fsp3) is 0.905. The second-order valence-corrected chi connectivity index (χ2v) is 9.68. The third kappa shape index (κ3) is 2.72. The van der Waals surface area contributed by atoms with Gasteiger partial charge in [0.25, 0.3) is 0 Å². The molecule has 0 amide bonds. The molecule has 137 valence electrons. The molecule has 5 rings (SSSR count). The van der Waals surface area contributed by atoms with Crippen LogP contribution in [-0.2, 0) is 9.47 Å². The number of rotatable bonds is 0. The first-order valence-electron chi connectivity index (χ1n) is 10.1. The number of aliphatic hydroxyl groups excluding tert-OH is 1. The maximum atomic E-state index is 10.6. The zero-order valence-electron chi connectivity index (χ0n) is 15.8. The molecule has 4 heteroatoms. The molecule has 0 aromatic rings. The molecular weight excluding hydrogens is 527 g/mol. The fourth-order valence-corrected chi connectivity index (χ4v) is 7.32. The van der Waals surface area contributed by atoms with Crippen molar-refractivity contribution in [1.29, 1.82) is 0 Å². The smallest absolute Gasteiger partial charge is 0.172 e. The standard InChI is InChI=1S/C21H32O3.Ac/c1-19-9-10-21(23-11-12-24-21)13-14(19)3-4-15-16-5-6-18(22)20(16,2)8-7-17(15)19;/h3,15-18,22H,4-13H2,1-2H3;/t15?,16?,17?,18?,19-,20-;/m0./s1. The van der Waals surface area contributed by atoms with Gasteiger partial charge in [-0.2, -0.15) is 0 Å². The largest absolute Gasteiger partial charge is 0.393 e. The molecule has 0 bridgehead atoms. The summed E-state index contributed by atoms with van der Waals surface area (Å²) in [6.45, 7) is 6.40. The van der Waals surface area contributed by atoms with Gasteiger partial charge < -0.3 is 14.6 Å². The molecular formula is C21H32AcO3. The van der Waals surface area contributed by atoms with Gasteiger partial charge in [0.2, 0.25) is 0 Å². The summed E-state index contributed by atoms with van der Waals surface area (Å²) in [4.78, 5) is 0. The third-order valence-corrected chi connectivity index (χ3v) is 8.87. The second-order valence-electron chi connectivity index (χ2n) is 9.68. The van der Waals surface area contributed by atoms with Crippen LogP contribution in [0.25, 0.3) is 0 Å². The molecule has 6 atom stereocenters. The van der Waals surface area contributed by atoms with Gasteiger partial charge in [-0.1, -0.05) is 25.5 Å². The van der Waals surface area contributed by atoms with Crippen LogP contribution < -0.4 is 0 Å². The van der Waals surface area contributed by atoms with Crippen molar-refractivity contribution >= 4 is 0 Å². The first-order chi connectivity index (χ1) is 11.5. The minimum Gasteiger partial charge on any atom is -0.393 e. The number of fused-ring (bicyclic) bond motifs is 5. The summed E-state index contributed by atoms with van der Waals surface area (Å²) in [5, 5.41) is 10.6. The van der Waals surface area contributed by atoms with Gasteiger partial charge in [0.1, 0.15) is 0 Å². The SMILES string of the molecule is C[C@]12CCC3C(CC=C4CC5(CC[C@@]43C)OCCO5)C1CCC2O.[Ac]. The summed E-state index contributed by atoms with van der Waals surface area (Å²) in [6.07, 6.45) is 11.7. The average Bonchev–Trinajstić information content (AvgIpc) is 3.14. The first kappa shape index (κ1) is 19.4. The molecule has 1 aliphatic heterocycles. The Labute approximate surface area is 187 Å². The van der Waals surface area contributed by atoms with E-state index in [4.69, 9.17) is 9.47 Å². The Morgan fingerprint density at radius 1 is 1.00 bits per heavy atom. The molecule has 3 saturated carbocycles. The van der Waals surface area contributed by atoms with E-state index in [2.05, 4.69) is 19.9 Å². The van der Waals surface area contributed by atoms with Crippen LogP contribution >= 0.6 is 0 Å². The molecule has 1 heterocycles. The molecule has 1 spiro atoms. The van der Waals surface area contributed by atoms with Crippen LogP contribution in [0.2, 0.25) is 0 Å². The zero-order valence-corrected chi connectivity index (χ0v) is 20.5. The monoisotopic (exact) mass is 559 g/mol. The number of hydrogen-bond donors (Lipinski definition) is 1. The van der Waals surface area contributed by atoms with Crippen molar-refractivity contribution in [2.24, 2.45) is 28.6 Å². The molecule has 25 heavy (non-hydrogen) atoms. The molecule has 0 aromatic heterocycles. The van der Waals surface area contributed by atoms with Gasteiger partial charge in [0.05, 0.1) is 19.3 Å². The summed E-state index contributed by atoms with van der Waals surface area (Å²) in [5.74, 6) is 1.98. The molecule has 4 aliphatic carbocycles. The van der Waals surface area contributed by atoms with Crippen LogP contribution in [-0.4, -0.2) is 30.2 Å². The van der Waals surface area contributed by atoms with Crippen LogP contribution in [0.3, 0.4) is 0 Å². The van der Waals surface area contributed by atoms with Gasteiger partial charge >= 0.3 is 0 Å². The van der Waals surface area contributed by atoms with E-state index in [1.54, 1.807) is 5.57 Å². The van der Waals surface area contributed by atoms with Crippen LogP contribution in [0.5, 0.6) is 0 Å². The Morgan fingerprint density at radius 2 is 1.76 bits per heavy atom. The maximum Gasteiger partial charge on any atom is 0.172 e. The summed E-state index contributed by atoms with van der Waals surface area (Å²) >= 11 is 0. The van der Waals surface area contributed by atoms with E-state index < -0.39 is 0 Å². The van der Waals surface area contributed by atoms with Crippen molar-refractivity contribution in [3.8, 4) is 0 Å². The molecule has 3 nitrogen and oxygen atoms in total. The van der Waals surface area contributed by atoms with Crippen molar-refractivity contribution in [2.45, 2.75) is 77.1 Å². The van der Waals surface area contributed by atoms with Crippen molar-refractivity contribution in [2.75, 3.05) is 13.2 Å². The van der Waals surface area contributed by atoms with Crippen molar-refractivity contribution in [3.63, 3.8) is 0 Å². The normalized spacial score (nSPS) is 50.4. The third-order valence-electron chi connectivity index (χ3n) is 8.87. The molecule has 4 fully saturated rings. The summed E-state index contributed by atoms with van der Waals surface area (Å²) in [7, 11) is 0. The van der Waals surface area contributed by atoms with Crippen LogP contribution in [0.15, 0.2) is 11.6 Å². The Kier molecular flexibility index (Phi) is 5.08. The summed E-state index contributed by atoms with van der Waals surface area (Å²) in [5.41, 5.74) is 2.12. The van der Waals surface area contributed by atoms with E-state index >= 15 is 0 Å². The quantitative estimate of drug-likeness (QED) is 0.456. The predicted octanol–water partition coefficient (Wildman–Crippen LogP) is 4.05. The Morgan fingerprint density at radius 3 is 2.52 bits per heavy atom. The van der Waals surface area contributed by atoms with E-state index in [0.29, 0.717) is 5.41 Å². The molecule has 4 unspecified atom stereocenters. The summed E-state index contributed by atoms with van der Waals surface area (Å²) < 4.78 is 12.0. The van der Waals surface area contributed by atoms with E-state index in [9.17, 15) is 5.11 Å². The van der Waals surface area contributed by atoms with Gasteiger partial charge in [-0.05, 0) is 67.1 Å². The summed E-state index contributed by atoms with van der Waals surface area (Å²) in [6, 6.07) is 0. The molecule has 5 aliphatic rings. The average molecular weight is 559 g/mol. The van der Waals surface area contributed by atoms with Gasteiger partial charge in [0, 0.05) is 56.9 Å². The van der Waals surface area contributed by atoms with Crippen molar-refractivity contribution in [3.05, 3.63) is 11.6 Å². The van der Waals surface area contributed by atoms with E-state index in [-0.39, 0.29) is 61.4 Å². The second kappa shape index (κ2) is 6.55. The minimum absolute atomic E-state index is 0. The van der Waals surface area contributed by atoms with Crippen molar-refractivity contribution < 1.29 is 58.6 Å². The van der Waals surface area contributed by atoms with Gasteiger partial charge in [-0.15, -0.1) is 0 Å². The Hall–Kier alpha value is 1.06. The first-order valence-corrected chi connectivity index (χ1v) is 10.1. The van der Waals surface area contributed by atoms with Crippen LogP contribution in [0.4, 0.5) is 0 Å². The number of hydrogen-bond acceptors (Lipinski definition) is 3. The van der Waals surface area contributed by atoms with Crippen LogP contribution in [0.1, 0.15) is 65.2 Å². The number of allylic oxidation sites excluding steroid dienone is 1. The number of aliphatic hydroxyl groups is 1. The number of ether oxygens (including phenoxy) is 2. The molecule has 1 saturated heterocycles. The van der Waals surface area contributed by atoms with E-state index in [1.807, 2.05) is 0 Å². The minimum atomic E-state index is -0.301. The van der Waals surface area contributed by atoms with Gasteiger partial charge in [0.15, 0.2) is 5.79 Å². The Bertz CT molecular complexity index is 569. The fourth-order valence-electron chi connectivity index (χ4n) is 7.32. The Balaban J connectivity index is 0.00000157. The van der Waals surface area contributed by atoms with Crippen LogP contribution in [0, 0.1) is 72.6 Å². The van der Waals surface area contributed by atoms with Gasteiger partial charge in [-0.25, -0.2) is 0 Å². The topological polar surface area (TPSA) is 38.7 Å². The molecule has 0 aromatic carbocycles.